The number of carbonyl (C=O) groups excluding carboxylic acids is 1. The summed E-state index contributed by atoms with van der Waals surface area (Å²) < 4.78 is 0. The molecule has 0 bridgehead atoms. The number of carbonyl (C=O) groups is 1. The lowest BCUT2D eigenvalue weighted by Crippen LogP contribution is -2.13. The van der Waals surface area contributed by atoms with Crippen LogP contribution >= 0.6 is 0 Å². The summed E-state index contributed by atoms with van der Waals surface area (Å²) in [6.45, 7) is 0. The zero-order valence-corrected chi connectivity index (χ0v) is 7.45. The van der Waals surface area contributed by atoms with Crippen molar-refractivity contribution in [1.29, 1.82) is 0 Å². The van der Waals surface area contributed by atoms with Gasteiger partial charge in [-0.05, 0) is 24.3 Å². The molecule has 4 heteroatoms. The number of nitrogens with two attached hydrogens (primary N) is 1. The third-order valence-corrected chi connectivity index (χ3v) is 2.02. The Balaban J connectivity index is 2.46. The van der Waals surface area contributed by atoms with Crippen LogP contribution in [0.25, 0.3) is 10.9 Å². The molecule has 1 amide bonds. The van der Waals surface area contributed by atoms with E-state index in [2.05, 4.69) is 4.98 Å². The minimum absolute atomic E-state index is 0.190. The van der Waals surface area contributed by atoms with E-state index in [0.29, 0.717) is 0 Å². The molecule has 1 aromatic carbocycles. The molecule has 0 aliphatic carbocycles. The Labute approximate surface area is 80.3 Å². The Hall–Kier alpha value is -1.97. The molecular weight excluding hydrogens is 180 g/mol. The maximum absolute atomic E-state index is 10.7. The first-order valence-electron chi connectivity index (χ1n) is 4.24. The lowest BCUT2D eigenvalue weighted by atomic mass is 10.2. The van der Waals surface area contributed by atoms with Crippen molar-refractivity contribution in [3.05, 3.63) is 30.0 Å². The third-order valence-electron chi connectivity index (χ3n) is 2.02. The van der Waals surface area contributed by atoms with Crippen LogP contribution in [0, 0.1) is 0 Å². The number of hydrogen-bond donors (Lipinski definition) is 3. The molecule has 14 heavy (non-hydrogen) atoms. The van der Waals surface area contributed by atoms with Crippen LogP contribution in [0.1, 0.15) is 5.69 Å². The smallest absolute Gasteiger partial charge is 0.223 e. The van der Waals surface area contributed by atoms with Crippen molar-refractivity contribution in [2.45, 2.75) is 6.42 Å². The zero-order valence-electron chi connectivity index (χ0n) is 7.45. The van der Waals surface area contributed by atoms with Gasteiger partial charge in [0.05, 0.1) is 6.42 Å². The van der Waals surface area contributed by atoms with Gasteiger partial charge in [-0.15, -0.1) is 0 Å². The molecule has 2 rings (SSSR count). The summed E-state index contributed by atoms with van der Waals surface area (Å²) in [7, 11) is 0. The number of phenolic OH excluding ortho intramolecular Hbond substituents is 1. The maximum Gasteiger partial charge on any atom is 0.223 e. The topological polar surface area (TPSA) is 79.1 Å². The standard InChI is InChI=1S/C10H10N2O2/c11-10(14)5-7-3-6-4-8(13)1-2-9(6)12-7/h1-4,12-13H,5H2,(H2,11,14). The van der Waals surface area contributed by atoms with Gasteiger partial charge in [-0.2, -0.15) is 0 Å². The van der Waals surface area contributed by atoms with E-state index in [1.807, 2.05) is 0 Å². The van der Waals surface area contributed by atoms with Gasteiger partial charge in [-0.3, -0.25) is 4.79 Å². The average molecular weight is 190 g/mol. The minimum atomic E-state index is -0.374. The number of H-pyrrole nitrogens is 1. The van der Waals surface area contributed by atoms with E-state index in [-0.39, 0.29) is 18.1 Å². The molecule has 0 aliphatic rings. The first-order chi connectivity index (χ1) is 6.65. The molecule has 0 aliphatic heterocycles. The lowest BCUT2D eigenvalue weighted by Gasteiger charge is -1.90. The normalized spacial score (nSPS) is 10.6. The Morgan fingerprint density at radius 2 is 2.21 bits per heavy atom. The summed E-state index contributed by atoms with van der Waals surface area (Å²) in [6, 6.07) is 6.79. The van der Waals surface area contributed by atoms with Crippen LogP contribution in [0.15, 0.2) is 24.3 Å². The largest absolute Gasteiger partial charge is 0.508 e. The fourth-order valence-electron chi connectivity index (χ4n) is 1.46. The molecule has 1 heterocycles. The Kier molecular flexibility index (Phi) is 1.89. The molecule has 1 aromatic heterocycles. The van der Waals surface area contributed by atoms with Crippen LogP contribution in [-0.4, -0.2) is 16.0 Å². The van der Waals surface area contributed by atoms with Crippen molar-refractivity contribution in [3.63, 3.8) is 0 Å². The molecule has 0 atom stereocenters. The van der Waals surface area contributed by atoms with Crippen molar-refractivity contribution >= 4 is 16.8 Å². The molecule has 4 nitrogen and oxygen atoms in total. The maximum atomic E-state index is 10.7. The van der Waals surface area contributed by atoms with Gasteiger partial charge in [0.15, 0.2) is 0 Å². The van der Waals surface area contributed by atoms with Crippen LogP contribution in [0.2, 0.25) is 0 Å². The molecular formula is C10H10N2O2. The number of fused-ring (bicyclic) bond motifs is 1. The van der Waals surface area contributed by atoms with Crippen LogP contribution in [-0.2, 0) is 11.2 Å². The summed E-state index contributed by atoms with van der Waals surface area (Å²) in [6.07, 6.45) is 0.190. The first-order valence-corrected chi connectivity index (χ1v) is 4.24. The van der Waals surface area contributed by atoms with Gasteiger partial charge in [0.2, 0.25) is 5.91 Å². The van der Waals surface area contributed by atoms with E-state index in [9.17, 15) is 9.90 Å². The van der Waals surface area contributed by atoms with Gasteiger partial charge in [0.25, 0.3) is 0 Å². The minimum Gasteiger partial charge on any atom is -0.508 e. The highest BCUT2D eigenvalue weighted by Crippen LogP contribution is 2.20. The van der Waals surface area contributed by atoms with E-state index in [0.717, 1.165) is 16.6 Å². The van der Waals surface area contributed by atoms with E-state index >= 15 is 0 Å². The fourth-order valence-corrected chi connectivity index (χ4v) is 1.46. The number of aromatic nitrogens is 1. The number of aromatic amines is 1. The highest BCUT2D eigenvalue weighted by atomic mass is 16.3. The summed E-state index contributed by atoms with van der Waals surface area (Å²) >= 11 is 0. The van der Waals surface area contributed by atoms with Gasteiger partial charge >= 0.3 is 0 Å². The number of hydrogen-bond acceptors (Lipinski definition) is 2. The number of primary amides is 1. The quantitative estimate of drug-likeness (QED) is 0.657. The van der Waals surface area contributed by atoms with E-state index in [1.54, 1.807) is 24.3 Å². The van der Waals surface area contributed by atoms with Crippen molar-refractivity contribution in [2.75, 3.05) is 0 Å². The number of amides is 1. The van der Waals surface area contributed by atoms with Gasteiger partial charge in [-0.25, -0.2) is 0 Å². The predicted molar refractivity (Wildman–Crippen MR) is 52.9 cm³/mol. The van der Waals surface area contributed by atoms with Crippen molar-refractivity contribution in [3.8, 4) is 5.75 Å². The summed E-state index contributed by atoms with van der Waals surface area (Å²) in [5.74, 6) is -0.164. The molecule has 0 radical (unpaired) electrons. The number of rotatable bonds is 2. The molecule has 0 saturated carbocycles. The summed E-state index contributed by atoms with van der Waals surface area (Å²) in [4.78, 5) is 13.7. The van der Waals surface area contributed by atoms with Crippen LogP contribution in [0.5, 0.6) is 5.75 Å². The molecule has 0 fully saturated rings. The fraction of sp³-hybridized carbons (Fsp3) is 0.100. The highest BCUT2D eigenvalue weighted by Gasteiger charge is 2.03. The van der Waals surface area contributed by atoms with Crippen molar-refractivity contribution in [2.24, 2.45) is 5.73 Å². The number of phenols is 1. The van der Waals surface area contributed by atoms with Crippen LogP contribution < -0.4 is 5.73 Å². The highest BCUT2D eigenvalue weighted by molar-refractivity contribution is 5.84. The lowest BCUT2D eigenvalue weighted by molar-refractivity contribution is -0.117. The number of nitrogens with one attached hydrogen (secondary N) is 1. The molecule has 72 valence electrons. The van der Waals surface area contributed by atoms with Crippen molar-refractivity contribution in [1.82, 2.24) is 4.98 Å². The summed E-state index contributed by atoms with van der Waals surface area (Å²) in [5, 5.41) is 10.1. The Morgan fingerprint density at radius 1 is 1.43 bits per heavy atom. The second kappa shape index (κ2) is 3.06. The zero-order chi connectivity index (χ0) is 10.1. The Bertz CT molecular complexity index is 488. The van der Waals surface area contributed by atoms with Gasteiger partial charge in [0.1, 0.15) is 5.75 Å². The van der Waals surface area contributed by atoms with Gasteiger partial charge in [0, 0.05) is 16.6 Å². The molecule has 2 aromatic rings. The van der Waals surface area contributed by atoms with Crippen molar-refractivity contribution < 1.29 is 9.90 Å². The number of aromatic hydroxyl groups is 1. The third kappa shape index (κ3) is 1.54. The molecule has 0 spiro atoms. The Morgan fingerprint density at radius 3 is 2.93 bits per heavy atom. The van der Waals surface area contributed by atoms with Crippen LogP contribution in [0.4, 0.5) is 0 Å². The van der Waals surface area contributed by atoms with Crippen LogP contribution in [0.3, 0.4) is 0 Å². The second-order valence-corrected chi connectivity index (χ2v) is 3.21. The van der Waals surface area contributed by atoms with E-state index in [4.69, 9.17) is 5.73 Å². The number of benzene rings is 1. The summed E-state index contributed by atoms with van der Waals surface area (Å²) in [5.41, 5.74) is 6.72. The van der Waals surface area contributed by atoms with E-state index in [1.165, 1.54) is 0 Å². The second-order valence-electron chi connectivity index (χ2n) is 3.21. The van der Waals surface area contributed by atoms with Gasteiger partial charge < -0.3 is 15.8 Å². The monoisotopic (exact) mass is 190 g/mol. The van der Waals surface area contributed by atoms with Gasteiger partial charge in [-0.1, -0.05) is 0 Å². The predicted octanol–water partition coefficient (Wildman–Crippen LogP) is 0.901. The van der Waals surface area contributed by atoms with E-state index < -0.39 is 0 Å². The SMILES string of the molecule is NC(=O)Cc1cc2cc(O)ccc2[nH]1. The molecule has 0 unspecified atom stereocenters. The first kappa shape index (κ1) is 8.62. The molecule has 0 saturated heterocycles. The average Bonchev–Trinajstić information content (AvgIpc) is 2.44. The molecule has 4 N–H and O–H groups in total.